The molecule has 0 unspecified atom stereocenters. The van der Waals surface area contributed by atoms with E-state index in [4.69, 9.17) is 0 Å². The van der Waals surface area contributed by atoms with E-state index >= 15 is 0 Å². The molecule has 2 aromatic rings. The molecular formula is C9H8FN3OS. The number of nitrogens with one attached hydrogen (secondary N) is 2. The lowest BCUT2D eigenvalue weighted by molar-refractivity contribution is 0.602. The van der Waals surface area contributed by atoms with Crippen LogP contribution in [0.5, 0.6) is 0 Å². The van der Waals surface area contributed by atoms with Gasteiger partial charge in [0.1, 0.15) is 11.6 Å². The molecule has 2 N–H and O–H groups in total. The lowest BCUT2D eigenvalue weighted by Gasteiger charge is -1.99. The maximum atomic E-state index is 13.2. The molecule has 0 amide bonds. The predicted octanol–water partition coefficient (Wildman–Crippen LogP) is 1.53. The Morgan fingerprint density at radius 1 is 1.40 bits per heavy atom. The van der Waals surface area contributed by atoms with Crippen LogP contribution in [-0.4, -0.2) is 15.2 Å². The first-order chi connectivity index (χ1) is 7.25. The first-order valence-electron chi connectivity index (χ1n) is 4.26. The third kappa shape index (κ3) is 2.47. The number of rotatable bonds is 3. The molecule has 15 heavy (non-hydrogen) atoms. The van der Waals surface area contributed by atoms with Crippen LogP contribution in [0.2, 0.25) is 0 Å². The summed E-state index contributed by atoms with van der Waals surface area (Å²) in [6.07, 6.45) is 0. The summed E-state index contributed by atoms with van der Waals surface area (Å²) in [4.78, 5) is 13.8. The fraction of sp³-hybridized carbons (Fsp3) is 0.111. The van der Waals surface area contributed by atoms with Crippen molar-refractivity contribution in [2.45, 2.75) is 10.6 Å². The number of hydrogen-bond donors (Lipinski definition) is 2. The van der Waals surface area contributed by atoms with Crippen LogP contribution < -0.4 is 5.69 Å². The summed E-state index contributed by atoms with van der Waals surface area (Å²) in [7, 11) is 0. The number of nitrogens with zero attached hydrogens (tertiary/aromatic N) is 1. The van der Waals surface area contributed by atoms with Crippen molar-refractivity contribution in [3.8, 4) is 0 Å². The van der Waals surface area contributed by atoms with Gasteiger partial charge in [-0.05, 0) is 12.1 Å². The molecule has 1 aromatic heterocycles. The first-order valence-corrected chi connectivity index (χ1v) is 5.25. The molecule has 78 valence electrons. The minimum atomic E-state index is -0.348. The standard InChI is InChI=1S/C9H8FN3OS/c10-6-3-1-2-4-7(6)15-5-8-11-9(14)13-12-8/h1-4H,5H2,(H2,11,12,13,14). The van der Waals surface area contributed by atoms with Crippen LogP contribution in [0, 0.1) is 5.82 Å². The smallest absolute Gasteiger partial charge is 0.292 e. The second-order valence-corrected chi connectivity index (χ2v) is 3.86. The fourth-order valence-electron chi connectivity index (χ4n) is 1.08. The third-order valence-electron chi connectivity index (χ3n) is 1.75. The van der Waals surface area contributed by atoms with Gasteiger partial charge in [0, 0.05) is 4.90 Å². The topological polar surface area (TPSA) is 61.5 Å². The van der Waals surface area contributed by atoms with Gasteiger partial charge in [0.05, 0.1) is 5.75 Å². The van der Waals surface area contributed by atoms with Gasteiger partial charge in [-0.2, -0.15) is 5.10 Å². The van der Waals surface area contributed by atoms with Crippen molar-refractivity contribution in [3.05, 3.63) is 46.4 Å². The molecule has 0 bridgehead atoms. The van der Waals surface area contributed by atoms with Gasteiger partial charge in [0.15, 0.2) is 0 Å². The van der Waals surface area contributed by atoms with Crippen LogP contribution in [0.4, 0.5) is 4.39 Å². The number of benzene rings is 1. The Bertz CT molecular complexity index is 508. The molecule has 0 saturated heterocycles. The summed E-state index contributed by atoms with van der Waals surface area (Å²) in [6, 6.07) is 6.48. The molecule has 0 atom stereocenters. The van der Waals surface area contributed by atoms with E-state index in [0.717, 1.165) is 0 Å². The molecule has 0 radical (unpaired) electrons. The minimum absolute atomic E-state index is 0.264. The van der Waals surface area contributed by atoms with Crippen LogP contribution in [0.15, 0.2) is 34.0 Å². The van der Waals surface area contributed by atoms with Gasteiger partial charge < -0.3 is 0 Å². The second kappa shape index (κ2) is 4.31. The lowest BCUT2D eigenvalue weighted by atomic mass is 10.3. The van der Waals surface area contributed by atoms with E-state index in [1.165, 1.54) is 17.8 Å². The van der Waals surface area contributed by atoms with Crippen LogP contribution >= 0.6 is 11.8 Å². The lowest BCUT2D eigenvalue weighted by Crippen LogP contribution is -2.00. The van der Waals surface area contributed by atoms with Crippen molar-refractivity contribution < 1.29 is 4.39 Å². The quantitative estimate of drug-likeness (QED) is 0.779. The zero-order valence-corrected chi connectivity index (χ0v) is 8.47. The molecule has 4 nitrogen and oxygen atoms in total. The molecule has 1 heterocycles. The van der Waals surface area contributed by atoms with E-state index in [-0.39, 0.29) is 11.5 Å². The molecule has 0 aliphatic carbocycles. The maximum absolute atomic E-state index is 13.2. The largest absolute Gasteiger partial charge is 0.340 e. The highest BCUT2D eigenvalue weighted by molar-refractivity contribution is 7.98. The highest BCUT2D eigenvalue weighted by Gasteiger charge is 2.03. The van der Waals surface area contributed by atoms with Crippen LogP contribution in [0.25, 0.3) is 0 Å². The summed E-state index contributed by atoms with van der Waals surface area (Å²) in [5, 5.41) is 5.98. The summed E-state index contributed by atoms with van der Waals surface area (Å²) in [6.45, 7) is 0. The molecular weight excluding hydrogens is 217 g/mol. The summed E-state index contributed by atoms with van der Waals surface area (Å²) in [5.74, 6) is 0.674. The van der Waals surface area contributed by atoms with E-state index in [9.17, 15) is 9.18 Å². The number of aromatic nitrogens is 3. The van der Waals surface area contributed by atoms with Gasteiger partial charge in [-0.15, -0.1) is 11.8 Å². The van der Waals surface area contributed by atoms with Crippen molar-refractivity contribution in [3.63, 3.8) is 0 Å². The van der Waals surface area contributed by atoms with Crippen LogP contribution in [0.1, 0.15) is 5.82 Å². The molecule has 0 fully saturated rings. The Morgan fingerprint density at radius 3 is 2.87 bits per heavy atom. The zero-order chi connectivity index (χ0) is 10.7. The SMILES string of the molecule is O=c1[nH]nc(CSc2ccccc2F)[nH]1. The van der Waals surface area contributed by atoms with E-state index < -0.39 is 0 Å². The average Bonchev–Trinajstić information content (AvgIpc) is 2.63. The second-order valence-electron chi connectivity index (χ2n) is 2.84. The van der Waals surface area contributed by atoms with Gasteiger partial charge in [-0.3, -0.25) is 4.98 Å². The van der Waals surface area contributed by atoms with E-state index in [1.807, 2.05) is 0 Å². The van der Waals surface area contributed by atoms with E-state index in [0.29, 0.717) is 16.5 Å². The van der Waals surface area contributed by atoms with Crippen LogP contribution in [-0.2, 0) is 5.75 Å². The van der Waals surface area contributed by atoms with Gasteiger partial charge in [0.2, 0.25) is 0 Å². The first kappa shape index (κ1) is 9.97. The number of H-pyrrole nitrogens is 2. The Hall–Kier alpha value is -1.56. The monoisotopic (exact) mass is 225 g/mol. The molecule has 1 aromatic carbocycles. The number of aromatic amines is 2. The Labute approximate surface area is 88.9 Å². The Morgan fingerprint density at radius 2 is 2.20 bits per heavy atom. The third-order valence-corrected chi connectivity index (χ3v) is 2.81. The zero-order valence-electron chi connectivity index (χ0n) is 7.66. The number of thioether (sulfide) groups is 1. The Balaban J connectivity index is 2.05. The highest BCUT2D eigenvalue weighted by Crippen LogP contribution is 2.23. The van der Waals surface area contributed by atoms with E-state index in [1.54, 1.807) is 18.2 Å². The van der Waals surface area contributed by atoms with Crippen molar-refractivity contribution in [2.75, 3.05) is 0 Å². The van der Waals surface area contributed by atoms with Gasteiger partial charge in [0.25, 0.3) is 0 Å². The molecule has 0 aliphatic heterocycles. The molecule has 0 aliphatic rings. The molecule has 2 rings (SSSR count). The van der Waals surface area contributed by atoms with Crippen molar-refractivity contribution in [1.82, 2.24) is 15.2 Å². The maximum Gasteiger partial charge on any atom is 0.340 e. The van der Waals surface area contributed by atoms with Crippen LogP contribution in [0.3, 0.4) is 0 Å². The summed E-state index contributed by atoms with van der Waals surface area (Å²) >= 11 is 1.29. The molecule has 0 saturated carbocycles. The van der Waals surface area contributed by atoms with Crippen molar-refractivity contribution in [1.29, 1.82) is 0 Å². The molecule has 0 spiro atoms. The predicted molar refractivity (Wildman–Crippen MR) is 55.2 cm³/mol. The van der Waals surface area contributed by atoms with Crippen molar-refractivity contribution in [2.24, 2.45) is 0 Å². The van der Waals surface area contributed by atoms with Gasteiger partial charge in [-0.25, -0.2) is 14.3 Å². The Kier molecular flexibility index (Phi) is 2.86. The summed E-state index contributed by atoms with van der Waals surface area (Å²) < 4.78 is 13.2. The van der Waals surface area contributed by atoms with Gasteiger partial charge >= 0.3 is 5.69 Å². The van der Waals surface area contributed by atoms with Crippen molar-refractivity contribution >= 4 is 11.8 Å². The summed E-state index contributed by atoms with van der Waals surface area (Å²) in [5.41, 5.74) is -0.348. The number of hydrogen-bond acceptors (Lipinski definition) is 3. The van der Waals surface area contributed by atoms with E-state index in [2.05, 4.69) is 15.2 Å². The minimum Gasteiger partial charge on any atom is -0.292 e. The fourth-order valence-corrected chi connectivity index (χ4v) is 1.89. The molecule has 6 heteroatoms. The number of halogens is 1. The van der Waals surface area contributed by atoms with Gasteiger partial charge in [-0.1, -0.05) is 12.1 Å². The average molecular weight is 225 g/mol. The normalized spacial score (nSPS) is 10.5. The highest BCUT2D eigenvalue weighted by atomic mass is 32.2.